The summed E-state index contributed by atoms with van der Waals surface area (Å²) in [7, 11) is 0. The summed E-state index contributed by atoms with van der Waals surface area (Å²) >= 11 is 0. The number of carbonyl (C=O) groups is 2. The Morgan fingerprint density at radius 1 is 0.862 bits per heavy atom. The van der Waals surface area contributed by atoms with Crippen molar-refractivity contribution in [3.8, 4) is 0 Å². The fourth-order valence-corrected chi connectivity index (χ4v) is 2.84. The van der Waals surface area contributed by atoms with Crippen LogP contribution in [-0.2, 0) is 9.53 Å². The molecule has 3 rings (SSSR count). The molecule has 0 aliphatic carbocycles. The van der Waals surface area contributed by atoms with Gasteiger partial charge in [-0.1, -0.05) is 60.7 Å². The molecule has 4 nitrogen and oxygen atoms in total. The van der Waals surface area contributed by atoms with Gasteiger partial charge >= 0.3 is 5.97 Å². The van der Waals surface area contributed by atoms with E-state index in [2.05, 4.69) is 5.32 Å². The summed E-state index contributed by atoms with van der Waals surface area (Å²) in [6.45, 7) is 1.39. The normalized spacial score (nSPS) is 11.7. The van der Waals surface area contributed by atoms with E-state index in [-0.39, 0.29) is 0 Å². The topological polar surface area (TPSA) is 55.4 Å². The minimum Gasteiger partial charge on any atom is -0.449 e. The van der Waals surface area contributed by atoms with E-state index in [1.165, 1.54) is 6.92 Å². The highest BCUT2D eigenvalue weighted by Crippen LogP contribution is 2.22. The lowest BCUT2D eigenvalue weighted by molar-refractivity contribution is -0.129. The third-order valence-electron chi connectivity index (χ3n) is 4.36. The highest BCUT2D eigenvalue weighted by Gasteiger charge is 2.24. The number of carbonyl (C=O) groups excluding carboxylic acids is 2. The van der Waals surface area contributed by atoms with Crippen molar-refractivity contribution in [3.63, 3.8) is 0 Å². The second kappa shape index (κ2) is 9.10. The van der Waals surface area contributed by atoms with Crippen molar-refractivity contribution in [2.45, 2.75) is 19.1 Å². The van der Waals surface area contributed by atoms with E-state index in [4.69, 9.17) is 4.74 Å². The van der Waals surface area contributed by atoms with Crippen LogP contribution in [0.15, 0.2) is 78.9 Å². The standard InChI is InChI=1S/C23H19F2NO3/c1-15(29-23(28)19-13-12-18(24)14-20(19)25)22(27)26-21(16-8-4-2-5-9-16)17-10-6-3-7-11-17/h2-15,21H,1H3,(H,26,27)/t15-/m1/s1. The SMILES string of the molecule is C[C@@H](OC(=O)c1ccc(F)cc1F)C(=O)NC(c1ccccc1)c1ccccc1. The minimum atomic E-state index is -1.18. The van der Waals surface area contributed by atoms with Crippen LogP contribution in [0.1, 0.15) is 34.5 Å². The lowest BCUT2D eigenvalue weighted by atomic mass is 9.98. The molecule has 0 radical (unpaired) electrons. The quantitative estimate of drug-likeness (QED) is 0.629. The van der Waals surface area contributed by atoms with Gasteiger partial charge in [0.05, 0.1) is 11.6 Å². The minimum absolute atomic E-state index is 0.436. The Kier molecular flexibility index (Phi) is 6.34. The van der Waals surface area contributed by atoms with Crippen LogP contribution in [0, 0.1) is 11.6 Å². The average molecular weight is 395 g/mol. The monoisotopic (exact) mass is 395 g/mol. The Bertz CT molecular complexity index is 954. The van der Waals surface area contributed by atoms with E-state index in [0.29, 0.717) is 6.07 Å². The molecule has 6 heteroatoms. The fourth-order valence-electron chi connectivity index (χ4n) is 2.84. The highest BCUT2D eigenvalue weighted by atomic mass is 19.1. The first-order chi connectivity index (χ1) is 14.0. The van der Waals surface area contributed by atoms with Gasteiger partial charge in [0.1, 0.15) is 11.6 Å². The van der Waals surface area contributed by atoms with Gasteiger partial charge in [-0.2, -0.15) is 0 Å². The molecule has 0 heterocycles. The van der Waals surface area contributed by atoms with Gasteiger partial charge in [-0.05, 0) is 30.2 Å². The van der Waals surface area contributed by atoms with Crippen LogP contribution in [0.3, 0.4) is 0 Å². The first kappa shape index (κ1) is 20.2. The maximum atomic E-state index is 13.8. The Labute approximate surface area is 167 Å². The highest BCUT2D eigenvalue weighted by molar-refractivity contribution is 5.92. The first-order valence-electron chi connectivity index (χ1n) is 9.02. The molecule has 1 atom stereocenters. The van der Waals surface area contributed by atoms with Gasteiger partial charge in [0, 0.05) is 6.07 Å². The van der Waals surface area contributed by atoms with Crippen LogP contribution in [-0.4, -0.2) is 18.0 Å². The number of halogens is 2. The van der Waals surface area contributed by atoms with Gasteiger partial charge < -0.3 is 10.1 Å². The van der Waals surface area contributed by atoms with Crippen LogP contribution < -0.4 is 5.32 Å². The molecule has 0 saturated heterocycles. The van der Waals surface area contributed by atoms with Gasteiger partial charge in [-0.3, -0.25) is 4.79 Å². The lowest BCUT2D eigenvalue weighted by Gasteiger charge is -2.22. The van der Waals surface area contributed by atoms with Crippen molar-refractivity contribution in [3.05, 3.63) is 107 Å². The second-order valence-corrected chi connectivity index (χ2v) is 6.43. The van der Waals surface area contributed by atoms with Crippen LogP contribution in [0.25, 0.3) is 0 Å². The van der Waals surface area contributed by atoms with E-state index in [1.54, 1.807) is 0 Å². The molecule has 3 aromatic carbocycles. The molecule has 0 aliphatic heterocycles. The summed E-state index contributed by atoms with van der Waals surface area (Å²) in [5, 5.41) is 2.86. The molecule has 0 unspecified atom stereocenters. The average Bonchev–Trinajstić information content (AvgIpc) is 2.73. The molecule has 0 saturated carbocycles. The molecule has 3 aromatic rings. The largest absolute Gasteiger partial charge is 0.449 e. The lowest BCUT2D eigenvalue weighted by Crippen LogP contribution is -2.38. The second-order valence-electron chi connectivity index (χ2n) is 6.43. The summed E-state index contributed by atoms with van der Waals surface area (Å²) in [5.74, 6) is -3.44. The van der Waals surface area contributed by atoms with E-state index in [0.717, 1.165) is 23.3 Å². The number of hydrogen-bond acceptors (Lipinski definition) is 3. The Balaban J connectivity index is 1.74. The zero-order chi connectivity index (χ0) is 20.8. The Hall–Kier alpha value is -3.54. The van der Waals surface area contributed by atoms with Gasteiger partial charge in [-0.15, -0.1) is 0 Å². The van der Waals surface area contributed by atoms with Crippen LogP contribution in [0.2, 0.25) is 0 Å². The van der Waals surface area contributed by atoms with Gasteiger partial charge in [0.15, 0.2) is 6.10 Å². The predicted octanol–water partition coefficient (Wildman–Crippen LogP) is 4.42. The molecule has 0 bridgehead atoms. The molecule has 0 aliphatic rings. The van der Waals surface area contributed by atoms with Crippen molar-refractivity contribution < 1.29 is 23.1 Å². The van der Waals surface area contributed by atoms with E-state index in [1.807, 2.05) is 60.7 Å². The van der Waals surface area contributed by atoms with E-state index < -0.39 is 41.2 Å². The number of hydrogen-bond donors (Lipinski definition) is 1. The number of amides is 1. The zero-order valence-corrected chi connectivity index (χ0v) is 15.6. The van der Waals surface area contributed by atoms with Gasteiger partial charge in [0.2, 0.25) is 0 Å². The molecular weight excluding hydrogens is 376 g/mol. The van der Waals surface area contributed by atoms with Crippen molar-refractivity contribution in [2.24, 2.45) is 0 Å². The summed E-state index contributed by atoms with van der Waals surface area (Å²) in [4.78, 5) is 24.8. The number of nitrogens with one attached hydrogen (secondary N) is 1. The molecule has 29 heavy (non-hydrogen) atoms. The van der Waals surface area contributed by atoms with Crippen LogP contribution in [0.4, 0.5) is 8.78 Å². The third kappa shape index (κ3) is 5.04. The summed E-state index contributed by atoms with van der Waals surface area (Å²) in [6, 6.07) is 20.8. The molecule has 148 valence electrons. The van der Waals surface area contributed by atoms with Gasteiger partial charge in [-0.25, -0.2) is 13.6 Å². The zero-order valence-electron chi connectivity index (χ0n) is 15.6. The number of benzene rings is 3. The molecular formula is C23H19F2NO3. The van der Waals surface area contributed by atoms with Crippen molar-refractivity contribution in [2.75, 3.05) is 0 Å². The van der Waals surface area contributed by atoms with Crippen molar-refractivity contribution in [1.82, 2.24) is 5.32 Å². The number of esters is 1. The molecule has 0 aromatic heterocycles. The fraction of sp³-hybridized carbons (Fsp3) is 0.130. The van der Waals surface area contributed by atoms with Crippen molar-refractivity contribution in [1.29, 1.82) is 0 Å². The molecule has 0 spiro atoms. The maximum absolute atomic E-state index is 13.8. The first-order valence-corrected chi connectivity index (χ1v) is 9.02. The molecule has 1 N–H and O–H groups in total. The third-order valence-corrected chi connectivity index (χ3v) is 4.36. The summed E-state index contributed by atoms with van der Waals surface area (Å²) in [6.07, 6.45) is -1.18. The predicted molar refractivity (Wildman–Crippen MR) is 104 cm³/mol. The van der Waals surface area contributed by atoms with Crippen LogP contribution in [0.5, 0.6) is 0 Å². The molecule has 0 fully saturated rings. The van der Waals surface area contributed by atoms with Crippen LogP contribution >= 0.6 is 0 Å². The number of rotatable bonds is 6. The summed E-state index contributed by atoms with van der Waals surface area (Å²) in [5.41, 5.74) is 1.28. The van der Waals surface area contributed by atoms with Gasteiger partial charge in [0.25, 0.3) is 5.91 Å². The van der Waals surface area contributed by atoms with E-state index >= 15 is 0 Å². The Morgan fingerprint density at radius 2 is 1.41 bits per heavy atom. The maximum Gasteiger partial charge on any atom is 0.341 e. The number of ether oxygens (including phenoxy) is 1. The smallest absolute Gasteiger partial charge is 0.341 e. The Morgan fingerprint density at radius 3 is 1.93 bits per heavy atom. The summed E-state index contributed by atoms with van der Waals surface area (Å²) < 4.78 is 31.9. The molecule has 1 amide bonds. The van der Waals surface area contributed by atoms with Crippen molar-refractivity contribution >= 4 is 11.9 Å². The van der Waals surface area contributed by atoms with E-state index in [9.17, 15) is 18.4 Å².